The average Bonchev–Trinajstić information content (AvgIpc) is 2.99. The van der Waals surface area contributed by atoms with Crippen LogP contribution in [0.2, 0.25) is 10.0 Å². The van der Waals surface area contributed by atoms with Crippen molar-refractivity contribution in [1.82, 2.24) is 0 Å². The highest BCUT2D eigenvalue weighted by Gasteiger charge is 2.17. The fraction of sp³-hybridized carbons (Fsp3) is 0.222. The molecule has 0 N–H and O–H groups in total. The molecule has 2 aromatic rings. The molecule has 0 amide bonds. The normalized spacial score (nSPS) is 12.8. The number of rotatable bonds is 4. The molecule has 0 aromatic heterocycles. The molecule has 23 heavy (non-hydrogen) atoms. The van der Waals surface area contributed by atoms with E-state index in [1.54, 1.807) is 12.1 Å². The van der Waals surface area contributed by atoms with Gasteiger partial charge >= 0.3 is 5.97 Å². The van der Waals surface area contributed by atoms with Crippen molar-refractivity contribution < 1.29 is 14.3 Å². The van der Waals surface area contributed by atoms with Gasteiger partial charge < -0.3 is 4.74 Å². The van der Waals surface area contributed by atoms with Crippen LogP contribution in [0.4, 0.5) is 0 Å². The van der Waals surface area contributed by atoms with Crippen LogP contribution >= 0.6 is 23.2 Å². The van der Waals surface area contributed by atoms with Gasteiger partial charge in [0, 0.05) is 10.6 Å². The van der Waals surface area contributed by atoms with E-state index in [1.165, 1.54) is 23.3 Å². The van der Waals surface area contributed by atoms with Gasteiger partial charge in [-0.25, -0.2) is 4.79 Å². The highest BCUT2D eigenvalue weighted by Crippen LogP contribution is 2.24. The molecular formula is C18H14Cl2O3. The molecule has 0 atom stereocenters. The summed E-state index contributed by atoms with van der Waals surface area (Å²) < 4.78 is 5.07. The van der Waals surface area contributed by atoms with Gasteiger partial charge in [0.05, 0.1) is 10.6 Å². The van der Waals surface area contributed by atoms with Gasteiger partial charge in [0.2, 0.25) is 0 Å². The molecular weight excluding hydrogens is 335 g/mol. The molecule has 0 radical (unpaired) electrons. The number of esters is 1. The SMILES string of the molecule is O=C(COC(=O)c1ccc(Cl)cc1Cl)c1ccc2c(c1)CCC2. The maximum absolute atomic E-state index is 12.2. The van der Waals surface area contributed by atoms with Gasteiger partial charge in [-0.05, 0) is 54.7 Å². The number of halogens is 2. The van der Waals surface area contributed by atoms with Crippen LogP contribution in [0.1, 0.15) is 38.3 Å². The van der Waals surface area contributed by atoms with E-state index in [2.05, 4.69) is 0 Å². The predicted molar refractivity (Wildman–Crippen MR) is 89.5 cm³/mol. The molecule has 3 rings (SSSR count). The molecule has 0 saturated carbocycles. The van der Waals surface area contributed by atoms with Gasteiger partial charge in [-0.1, -0.05) is 35.3 Å². The Hall–Kier alpha value is -1.84. The fourth-order valence-electron chi connectivity index (χ4n) is 2.69. The lowest BCUT2D eigenvalue weighted by Crippen LogP contribution is -2.14. The Labute approximate surface area is 144 Å². The molecule has 1 aliphatic carbocycles. The standard InChI is InChI=1S/C18H14Cl2O3/c19-14-6-7-15(16(20)9-14)18(22)23-10-17(21)13-5-4-11-2-1-3-12(11)8-13/h4-9H,1-3,10H2. The molecule has 5 heteroatoms. The van der Waals surface area contributed by atoms with Crippen molar-refractivity contribution >= 4 is 35.0 Å². The van der Waals surface area contributed by atoms with E-state index in [9.17, 15) is 9.59 Å². The summed E-state index contributed by atoms with van der Waals surface area (Å²) in [6.45, 7) is -0.309. The number of Topliss-reactive ketones (excluding diaryl/α,β-unsaturated/α-hetero) is 1. The first-order valence-corrected chi connectivity index (χ1v) is 8.07. The first-order chi connectivity index (χ1) is 11.0. The number of hydrogen-bond acceptors (Lipinski definition) is 3. The molecule has 118 valence electrons. The van der Waals surface area contributed by atoms with E-state index in [4.69, 9.17) is 27.9 Å². The van der Waals surface area contributed by atoms with Gasteiger partial charge in [-0.15, -0.1) is 0 Å². The molecule has 1 aliphatic rings. The van der Waals surface area contributed by atoms with Crippen molar-refractivity contribution in [3.8, 4) is 0 Å². The van der Waals surface area contributed by atoms with E-state index in [1.807, 2.05) is 12.1 Å². The molecule has 0 spiro atoms. The fourth-order valence-corrected chi connectivity index (χ4v) is 3.18. The molecule has 0 bridgehead atoms. The second-order valence-corrected chi connectivity index (χ2v) is 6.30. The Kier molecular flexibility index (Phi) is 4.69. The highest BCUT2D eigenvalue weighted by atomic mass is 35.5. The van der Waals surface area contributed by atoms with Crippen LogP contribution in [0.15, 0.2) is 36.4 Å². The number of fused-ring (bicyclic) bond motifs is 1. The first kappa shape index (κ1) is 16.0. The van der Waals surface area contributed by atoms with Gasteiger partial charge in [-0.2, -0.15) is 0 Å². The molecule has 0 aliphatic heterocycles. The summed E-state index contributed by atoms with van der Waals surface area (Å²) in [5.74, 6) is -0.862. The van der Waals surface area contributed by atoms with Crippen LogP contribution in [0.5, 0.6) is 0 Å². The summed E-state index contributed by atoms with van der Waals surface area (Å²) >= 11 is 11.7. The monoisotopic (exact) mass is 348 g/mol. The minimum absolute atomic E-state index is 0.192. The summed E-state index contributed by atoms with van der Waals surface area (Å²) in [5, 5.41) is 0.633. The van der Waals surface area contributed by atoms with Crippen molar-refractivity contribution in [2.45, 2.75) is 19.3 Å². The zero-order valence-corrected chi connectivity index (χ0v) is 13.8. The average molecular weight is 349 g/mol. The van der Waals surface area contributed by atoms with E-state index < -0.39 is 5.97 Å². The smallest absolute Gasteiger partial charge is 0.340 e. The van der Waals surface area contributed by atoms with Crippen molar-refractivity contribution in [2.75, 3.05) is 6.61 Å². The molecule has 0 unspecified atom stereocenters. The van der Waals surface area contributed by atoms with Crippen LogP contribution in [-0.4, -0.2) is 18.4 Å². The molecule has 0 fully saturated rings. The number of hydrogen-bond donors (Lipinski definition) is 0. The molecule has 3 nitrogen and oxygen atoms in total. The summed E-state index contributed by atoms with van der Waals surface area (Å²) in [5.41, 5.74) is 3.27. The van der Waals surface area contributed by atoms with Gasteiger partial charge in [0.1, 0.15) is 0 Å². The number of ketones is 1. The minimum Gasteiger partial charge on any atom is -0.454 e. The Morgan fingerprint density at radius 2 is 1.78 bits per heavy atom. The van der Waals surface area contributed by atoms with E-state index >= 15 is 0 Å². The maximum Gasteiger partial charge on any atom is 0.340 e. The number of ether oxygens (including phenoxy) is 1. The zero-order valence-electron chi connectivity index (χ0n) is 12.3. The Bertz CT molecular complexity index is 784. The summed E-state index contributed by atoms with van der Waals surface area (Å²) in [7, 11) is 0. The summed E-state index contributed by atoms with van der Waals surface area (Å²) in [6, 6.07) is 10.2. The van der Waals surface area contributed by atoms with Crippen molar-refractivity contribution in [1.29, 1.82) is 0 Å². The van der Waals surface area contributed by atoms with Crippen molar-refractivity contribution in [3.05, 3.63) is 68.7 Å². The van der Waals surface area contributed by atoms with Gasteiger partial charge in [0.25, 0.3) is 0 Å². The van der Waals surface area contributed by atoms with Crippen LogP contribution in [0.3, 0.4) is 0 Å². The number of carbonyl (C=O) groups excluding carboxylic acids is 2. The van der Waals surface area contributed by atoms with Crippen LogP contribution in [0, 0.1) is 0 Å². The number of carbonyl (C=O) groups is 2. The highest BCUT2D eigenvalue weighted by molar-refractivity contribution is 6.36. The Balaban J connectivity index is 1.65. The lowest BCUT2D eigenvalue weighted by molar-refractivity contribution is 0.0475. The van der Waals surface area contributed by atoms with Crippen LogP contribution in [-0.2, 0) is 17.6 Å². The second kappa shape index (κ2) is 6.73. The largest absolute Gasteiger partial charge is 0.454 e. The molecule has 0 saturated heterocycles. The topological polar surface area (TPSA) is 43.4 Å². The van der Waals surface area contributed by atoms with E-state index in [-0.39, 0.29) is 23.0 Å². The molecule has 0 heterocycles. The third kappa shape index (κ3) is 3.57. The number of aryl methyl sites for hydroxylation is 2. The lowest BCUT2D eigenvalue weighted by Gasteiger charge is -2.07. The summed E-state index contributed by atoms with van der Waals surface area (Å²) in [6.07, 6.45) is 3.18. The second-order valence-electron chi connectivity index (χ2n) is 5.46. The Morgan fingerprint density at radius 3 is 2.57 bits per heavy atom. The zero-order chi connectivity index (χ0) is 16.4. The van der Waals surface area contributed by atoms with Gasteiger partial charge in [-0.3, -0.25) is 4.79 Å². The van der Waals surface area contributed by atoms with E-state index in [0.29, 0.717) is 10.6 Å². The van der Waals surface area contributed by atoms with Gasteiger partial charge in [0.15, 0.2) is 12.4 Å². The molecule has 2 aromatic carbocycles. The van der Waals surface area contributed by atoms with Crippen molar-refractivity contribution in [3.63, 3.8) is 0 Å². The Morgan fingerprint density at radius 1 is 1.00 bits per heavy atom. The quantitative estimate of drug-likeness (QED) is 0.602. The lowest BCUT2D eigenvalue weighted by atomic mass is 10.0. The van der Waals surface area contributed by atoms with Crippen molar-refractivity contribution in [2.24, 2.45) is 0 Å². The van der Waals surface area contributed by atoms with Crippen LogP contribution in [0.25, 0.3) is 0 Å². The van der Waals surface area contributed by atoms with E-state index in [0.717, 1.165) is 19.3 Å². The first-order valence-electron chi connectivity index (χ1n) is 7.32. The summed E-state index contributed by atoms with van der Waals surface area (Å²) in [4.78, 5) is 24.2. The van der Waals surface area contributed by atoms with Crippen LogP contribution < -0.4 is 0 Å². The third-order valence-corrected chi connectivity index (χ3v) is 4.45. The maximum atomic E-state index is 12.2. The predicted octanol–water partition coefficient (Wildman–Crippen LogP) is 4.52. The third-order valence-electron chi connectivity index (χ3n) is 3.91. The number of benzene rings is 2. The minimum atomic E-state index is -0.638.